The van der Waals surface area contributed by atoms with E-state index in [0.29, 0.717) is 17.9 Å². The molecule has 4 atom stereocenters. The summed E-state index contributed by atoms with van der Waals surface area (Å²) in [5.74, 6) is -2.20. The monoisotopic (exact) mass is 585 g/mol. The van der Waals surface area contributed by atoms with Crippen LogP contribution < -0.4 is 21.7 Å². The lowest BCUT2D eigenvalue weighted by molar-refractivity contribution is -0.142. The number of carboxylic acids is 1. The fourth-order valence-electron chi connectivity index (χ4n) is 4.45. The van der Waals surface area contributed by atoms with Gasteiger partial charge in [-0.2, -0.15) is 11.8 Å². The Hall–Kier alpha value is -3.84. The Labute approximate surface area is 243 Å². The third-order valence-electron chi connectivity index (χ3n) is 6.64. The molecular weight excluding hydrogens is 546 g/mol. The zero-order chi connectivity index (χ0) is 29.9. The Balaban J connectivity index is 1.86. The zero-order valence-electron chi connectivity index (χ0n) is 23.5. The number of aromatic nitrogens is 3. The molecule has 0 aliphatic heterocycles. The van der Waals surface area contributed by atoms with Crippen molar-refractivity contribution in [2.75, 3.05) is 12.0 Å². The molecule has 2 heterocycles. The van der Waals surface area contributed by atoms with Gasteiger partial charge in [0, 0.05) is 41.8 Å². The SMILES string of the molecule is CSCCC(N)C(=O)NC(Cc1cnc[nH]1)C(=O)NC(Cc1c[nH]c2ccccc12)C(=O)NC(CC(C)C)C(=O)O. The number of imidazole rings is 1. The van der Waals surface area contributed by atoms with Crippen molar-refractivity contribution in [3.8, 4) is 0 Å². The van der Waals surface area contributed by atoms with Crippen LogP contribution in [0.5, 0.6) is 0 Å². The maximum absolute atomic E-state index is 13.6. The first kappa shape index (κ1) is 31.7. The highest BCUT2D eigenvalue weighted by atomic mass is 32.2. The van der Waals surface area contributed by atoms with E-state index in [-0.39, 0.29) is 25.2 Å². The molecule has 0 aliphatic carbocycles. The quantitative estimate of drug-likeness (QED) is 0.131. The fourth-order valence-corrected chi connectivity index (χ4v) is 4.94. The highest BCUT2D eigenvalue weighted by molar-refractivity contribution is 7.98. The predicted octanol–water partition coefficient (Wildman–Crippen LogP) is 1.34. The van der Waals surface area contributed by atoms with E-state index in [0.717, 1.165) is 16.5 Å². The predicted molar refractivity (Wildman–Crippen MR) is 158 cm³/mol. The number of nitrogens with one attached hydrogen (secondary N) is 5. The van der Waals surface area contributed by atoms with Crippen LogP contribution in [0.15, 0.2) is 43.0 Å². The molecule has 0 saturated carbocycles. The van der Waals surface area contributed by atoms with Gasteiger partial charge in [0.2, 0.25) is 17.7 Å². The molecule has 0 spiro atoms. The average Bonchev–Trinajstić information content (AvgIpc) is 3.60. The number of hydrogen-bond donors (Lipinski definition) is 7. The Morgan fingerprint density at radius 2 is 1.63 bits per heavy atom. The summed E-state index contributed by atoms with van der Waals surface area (Å²) in [6, 6.07) is 3.42. The van der Waals surface area contributed by atoms with Crippen molar-refractivity contribution < 1.29 is 24.3 Å². The molecule has 41 heavy (non-hydrogen) atoms. The number of benzene rings is 1. The van der Waals surface area contributed by atoms with Crippen LogP contribution in [0, 0.1) is 5.92 Å². The van der Waals surface area contributed by atoms with Crippen molar-refractivity contribution in [3.05, 3.63) is 54.2 Å². The number of thioether (sulfide) groups is 1. The van der Waals surface area contributed by atoms with Crippen LogP contribution in [0.25, 0.3) is 10.9 Å². The van der Waals surface area contributed by atoms with Crippen molar-refractivity contribution in [2.45, 2.75) is 63.7 Å². The van der Waals surface area contributed by atoms with Crippen LogP contribution in [0.2, 0.25) is 0 Å². The van der Waals surface area contributed by atoms with Gasteiger partial charge in [-0.25, -0.2) is 9.78 Å². The van der Waals surface area contributed by atoms with Crippen molar-refractivity contribution in [2.24, 2.45) is 11.7 Å². The molecule has 4 unspecified atom stereocenters. The Bertz CT molecular complexity index is 1310. The molecule has 1 aromatic carbocycles. The third-order valence-corrected chi connectivity index (χ3v) is 7.28. The van der Waals surface area contributed by atoms with Gasteiger partial charge in [0.25, 0.3) is 0 Å². The highest BCUT2D eigenvalue weighted by Gasteiger charge is 2.31. The molecule has 12 nitrogen and oxygen atoms in total. The maximum Gasteiger partial charge on any atom is 0.326 e. The number of para-hydroxylation sites is 1. The number of aliphatic carboxylic acids is 1. The van der Waals surface area contributed by atoms with Gasteiger partial charge in [-0.3, -0.25) is 14.4 Å². The van der Waals surface area contributed by atoms with Crippen LogP contribution in [-0.2, 0) is 32.0 Å². The van der Waals surface area contributed by atoms with E-state index in [9.17, 15) is 24.3 Å². The van der Waals surface area contributed by atoms with Crippen molar-refractivity contribution >= 4 is 46.4 Å². The summed E-state index contributed by atoms with van der Waals surface area (Å²) in [7, 11) is 0. The minimum atomic E-state index is -1.16. The standard InChI is InChI=1S/C28H39N7O5S/c1-16(2)10-24(28(39)40)35-26(37)22(11-17-13-31-21-7-5-4-6-19(17)21)34-27(38)23(12-18-14-30-15-32-18)33-25(36)20(29)8-9-41-3/h4-7,13-16,20,22-24,31H,8-12,29H2,1-3H3,(H,30,32)(H,33,36)(H,34,38)(H,35,37)(H,39,40). The lowest BCUT2D eigenvalue weighted by Gasteiger charge is -2.25. The molecule has 0 bridgehead atoms. The van der Waals surface area contributed by atoms with Crippen LogP contribution in [0.1, 0.15) is 37.9 Å². The first-order chi connectivity index (χ1) is 19.6. The zero-order valence-corrected chi connectivity index (χ0v) is 24.3. The second-order valence-electron chi connectivity index (χ2n) is 10.4. The molecule has 3 amide bonds. The molecule has 8 N–H and O–H groups in total. The van der Waals surface area contributed by atoms with Gasteiger partial charge in [-0.1, -0.05) is 32.0 Å². The van der Waals surface area contributed by atoms with Gasteiger partial charge in [0.15, 0.2) is 0 Å². The van der Waals surface area contributed by atoms with E-state index in [1.807, 2.05) is 44.4 Å². The Morgan fingerprint density at radius 3 is 2.27 bits per heavy atom. The van der Waals surface area contributed by atoms with E-state index in [4.69, 9.17) is 5.73 Å². The lowest BCUT2D eigenvalue weighted by Crippen LogP contribution is -2.58. The number of amides is 3. The van der Waals surface area contributed by atoms with Crippen LogP contribution >= 0.6 is 11.8 Å². The number of nitrogens with two attached hydrogens (primary N) is 1. The molecule has 13 heteroatoms. The Kier molecular flexibility index (Phi) is 11.8. The van der Waals surface area contributed by atoms with Crippen LogP contribution in [-0.4, -0.2) is 79.9 Å². The molecular formula is C28H39N7O5S. The molecule has 2 aromatic heterocycles. The van der Waals surface area contributed by atoms with Crippen molar-refractivity contribution in [1.29, 1.82) is 0 Å². The number of carbonyl (C=O) groups excluding carboxylic acids is 3. The molecule has 0 radical (unpaired) electrons. The van der Waals surface area contributed by atoms with E-state index in [1.54, 1.807) is 24.2 Å². The summed E-state index contributed by atoms with van der Waals surface area (Å²) < 4.78 is 0. The number of carbonyl (C=O) groups is 4. The molecule has 0 aliphatic rings. The van der Waals surface area contributed by atoms with Gasteiger partial charge >= 0.3 is 5.97 Å². The molecule has 0 saturated heterocycles. The summed E-state index contributed by atoms with van der Waals surface area (Å²) >= 11 is 1.56. The van der Waals surface area contributed by atoms with Crippen LogP contribution in [0.3, 0.4) is 0 Å². The number of hydrogen-bond acceptors (Lipinski definition) is 7. The molecule has 3 aromatic rings. The van der Waals surface area contributed by atoms with E-state index in [2.05, 4.69) is 30.9 Å². The van der Waals surface area contributed by atoms with Crippen molar-refractivity contribution in [1.82, 2.24) is 30.9 Å². The first-order valence-corrected chi connectivity index (χ1v) is 14.9. The minimum Gasteiger partial charge on any atom is -0.480 e. The average molecular weight is 586 g/mol. The van der Waals surface area contributed by atoms with Crippen molar-refractivity contribution in [3.63, 3.8) is 0 Å². The molecule has 222 valence electrons. The van der Waals surface area contributed by atoms with E-state index < -0.39 is 47.9 Å². The summed E-state index contributed by atoms with van der Waals surface area (Å²) in [5.41, 5.74) is 8.27. The number of fused-ring (bicyclic) bond motifs is 1. The van der Waals surface area contributed by atoms with Gasteiger partial charge < -0.3 is 36.8 Å². The smallest absolute Gasteiger partial charge is 0.326 e. The second kappa shape index (κ2) is 15.2. The first-order valence-electron chi connectivity index (χ1n) is 13.5. The topological polar surface area (TPSA) is 195 Å². The highest BCUT2D eigenvalue weighted by Crippen LogP contribution is 2.19. The maximum atomic E-state index is 13.6. The molecule has 0 fully saturated rings. The summed E-state index contributed by atoms with van der Waals surface area (Å²) in [4.78, 5) is 61.9. The van der Waals surface area contributed by atoms with Gasteiger partial charge in [-0.05, 0) is 42.4 Å². The number of H-pyrrole nitrogens is 2. The number of carboxylic acid groups (broad SMARTS) is 1. The normalized spacial score (nSPS) is 14.3. The van der Waals surface area contributed by atoms with E-state index >= 15 is 0 Å². The van der Waals surface area contributed by atoms with Gasteiger partial charge in [0.05, 0.1) is 12.4 Å². The number of rotatable bonds is 16. The summed E-state index contributed by atoms with van der Waals surface area (Å²) in [6.45, 7) is 3.72. The van der Waals surface area contributed by atoms with Gasteiger partial charge in [0.1, 0.15) is 18.1 Å². The summed E-state index contributed by atoms with van der Waals surface area (Å²) in [6.07, 6.45) is 7.50. The largest absolute Gasteiger partial charge is 0.480 e. The Morgan fingerprint density at radius 1 is 0.976 bits per heavy atom. The fraction of sp³-hybridized carbons (Fsp3) is 0.464. The third kappa shape index (κ3) is 9.35. The number of nitrogens with zero attached hydrogens (tertiary/aromatic N) is 1. The number of aromatic amines is 2. The lowest BCUT2D eigenvalue weighted by atomic mass is 10.0. The van der Waals surface area contributed by atoms with E-state index in [1.165, 1.54) is 6.33 Å². The summed E-state index contributed by atoms with van der Waals surface area (Å²) in [5, 5.41) is 18.6. The second-order valence-corrected chi connectivity index (χ2v) is 11.4. The van der Waals surface area contributed by atoms with Crippen LogP contribution in [0.4, 0.5) is 0 Å². The molecule has 3 rings (SSSR count). The van der Waals surface area contributed by atoms with Gasteiger partial charge in [-0.15, -0.1) is 0 Å². The minimum absolute atomic E-state index is 0.0161.